The van der Waals surface area contributed by atoms with Crippen molar-refractivity contribution in [1.82, 2.24) is 5.32 Å². The molecule has 1 aliphatic carbocycles. The predicted molar refractivity (Wildman–Crippen MR) is 98.8 cm³/mol. The second-order valence-electron chi connectivity index (χ2n) is 6.82. The highest BCUT2D eigenvalue weighted by Crippen LogP contribution is 2.53. The number of alkyl halides is 2. The van der Waals surface area contributed by atoms with Crippen molar-refractivity contribution in [3.63, 3.8) is 0 Å². The first-order valence-electron chi connectivity index (χ1n) is 7.98. The molecule has 2 aliphatic heterocycles. The molecule has 2 bridgehead atoms. The molecule has 25 heavy (non-hydrogen) atoms. The molecular weight excluding hydrogens is 368 g/mol. The van der Waals surface area contributed by atoms with Crippen molar-refractivity contribution in [2.45, 2.75) is 42.5 Å². The second kappa shape index (κ2) is 6.29. The molecule has 1 saturated carbocycles. The van der Waals surface area contributed by atoms with Crippen LogP contribution >= 0.6 is 18.5 Å². The molecule has 0 aromatic heterocycles. The molecule has 0 radical (unpaired) electrons. The standard InChI is InChI=1S/C16H22F2N2O3P2/c1-22-9-6-10(19)12(11(24)7-9)13(21)20-14-2-4-15(5-3-14,23-8-14)16(17,18)25/h6-7H,2-5,8,19,24-25H2,1H3,(H,20,21). The van der Waals surface area contributed by atoms with E-state index in [0.717, 1.165) is 0 Å². The predicted octanol–water partition coefficient (Wildman–Crippen LogP) is 2.06. The van der Waals surface area contributed by atoms with Crippen molar-refractivity contribution in [3.8, 4) is 5.75 Å². The Hall–Kier alpha value is -1.03. The van der Waals surface area contributed by atoms with Crippen LogP contribution in [0.2, 0.25) is 0 Å². The average molecular weight is 390 g/mol. The summed E-state index contributed by atoms with van der Waals surface area (Å²) in [6.45, 7) is 0.0744. The van der Waals surface area contributed by atoms with Crippen LogP contribution in [-0.2, 0) is 4.74 Å². The lowest BCUT2D eigenvalue weighted by Crippen LogP contribution is -2.66. The van der Waals surface area contributed by atoms with E-state index in [2.05, 4.69) is 14.6 Å². The smallest absolute Gasteiger partial charge is 0.287 e. The Morgan fingerprint density at radius 3 is 2.44 bits per heavy atom. The Labute approximate surface area is 149 Å². The molecular formula is C16H22F2N2O3P2. The van der Waals surface area contributed by atoms with Crippen LogP contribution in [0.4, 0.5) is 14.5 Å². The highest BCUT2D eigenvalue weighted by atomic mass is 31.0. The Kier molecular flexibility index (Phi) is 4.72. The number of nitrogens with one attached hydrogen (secondary N) is 1. The molecule has 9 heteroatoms. The van der Waals surface area contributed by atoms with Crippen LogP contribution in [0.1, 0.15) is 36.0 Å². The largest absolute Gasteiger partial charge is 0.497 e. The van der Waals surface area contributed by atoms with Crippen LogP contribution < -0.4 is 21.1 Å². The van der Waals surface area contributed by atoms with Gasteiger partial charge in [0.05, 0.1) is 24.8 Å². The highest BCUT2D eigenvalue weighted by Gasteiger charge is 2.60. The fourth-order valence-electron chi connectivity index (χ4n) is 3.63. The minimum Gasteiger partial charge on any atom is -0.497 e. The average Bonchev–Trinajstić information content (AvgIpc) is 2.54. The molecule has 3 N–H and O–H groups in total. The van der Waals surface area contributed by atoms with E-state index in [1.807, 2.05) is 0 Å². The highest BCUT2D eigenvalue weighted by molar-refractivity contribution is 7.27. The van der Waals surface area contributed by atoms with Gasteiger partial charge in [0.25, 0.3) is 11.6 Å². The topological polar surface area (TPSA) is 73.6 Å². The van der Waals surface area contributed by atoms with Gasteiger partial charge in [-0.3, -0.25) is 4.79 Å². The lowest BCUT2D eigenvalue weighted by molar-refractivity contribution is -0.231. The SMILES string of the molecule is COc1cc(N)c(C(=O)NC23CCC(C(F)(F)P)(CC2)OC3)c(P)c1. The zero-order chi connectivity index (χ0) is 18.5. The summed E-state index contributed by atoms with van der Waals surface area (Å²) in [6.07, 6.45) is 1.31. The maximum absolute atomic E-state index is 13.8. The third-order valence-electron chi connectivity index (χ3n) is 5.26. The van der Waals surface area contributed by atoms with E-state index in [4.69, 9.17) is 15.2 Å². The number of fused-ring (bicyclic) bond motifs is 3. The van der Waals surface area contributed by atoms with E-state index in [9.17, 15) is 13.6 Å². The summed E-state index contributed by atoms with van der Waals surface area (Å²) >= 11 is 0. The first kappa shape index (κ1) is 18.8. The quantitative estimate of drug-likeness (QED) is 0.610. The number of hydrogen-bond donors (Lipinski definition) is 2. The molecule has 5 nitrogen and oxygen atoms in total. The third kappa shape index (κ3) is 3.22. The van der Waals surface area contributed by atoms with Gasteiger partial charge < -0.3 is 20.5 Å². The van der Waals surface area contributed by atoms with Crippen LogP contribution in [0.25, 0.3) is 0 Å². The van der Waals surface area contributed by atoms with Gasteiger partial charge in [-0.15, -0.1) is 9.24 Å². The summed E-state index contributed by atoms with van der Waals surface area (Å²) in [4.78, 5) is 12.8. The molecule has 2 saturated heterocycles. The third-order valence-corrected chi connectivity index (χ3v) is 6.24. The maximum Gasteiger partial charge on any atom is 0.287 e. The summed E-state index contributed by atoms with van der Waals surface area (Å²) in [5.74, 6) is 0.226. The number of anilines is 1. The summed E-state index contributed by atoms with van der Waals surface area (Å²) in [6, 6.07) is 3.28. The van der Waals surface area contributed by atoms with Crippen molar-refractivity contribution in [2.24, 2.45) is 0 Å². The van der Waals surface area contributed by atoms with Gasteiger partial charge in [0, 0.05) is 11.8 Å². The van der Waals surface area contributed by atoms with Gasteiger partial charge >= 0.3 is 0 Å². The summed E-state index contributed by atoms with van der Waals surface area (Å²) in [7, 11) is 5.58. The van der Waals surface area contributed by atoms with Gasteiger partial charge in [-0.25, -0.2) is 0 Å². The number of rotatable bonds is 4. The van der Waals surface area contributed by atoms with Crippen LogP contribution in [0, 0.1) is 0 Å². The van der Waals surface area contributed by atoms with Crippen LogP contribution in [0.5, 0.6) is 5.75 Å². The Morgan fingerprint density at radius 1 is 1.36 bits per heavy atom. The normalized spacial score (nSPS) is 28.7. The molecule has 3 fully saturated rings. The van der Waals surface area contributed by atoms with Gasteiger partial charge in [-0.2, -0.15) is 8.78 Å². The number of methoxy groups -OCH3 is 1. The van der Waals surface area contributed by atoms with Crippen LogP contribution in [-0.4, -0.2) is 36.4 Å². The van der Waals surface area contributed by atoms with Gasteiger partial charge in [0.1, 0.15) is 11.4 Å². The summed E-state index contributed by atoms with van der Waals surface area (Å²) in [5, 5.41) is 3.59. The number of nitrogens with two attached hydrogens (primary N) is 1. The number of nitrogen functional groups attached to an aromatic ring is 1. The van der Waals surface area contributed by atoms with Gasteiger partial charge in [0.2, 0.25) is 0 Å². The van der Waals surface area contributed by atoms with Gasteiger partial charge in [0.15, 0.2) is 0 Å². The zero-order valence-electron chi connectivity index (χ0n) is 13.9. The van der Waals surface area contributed by atoms with Crippen molar-refractivity contribution < 1.29 is 23.0 Å². The van der Waals surface area contributed by atoms with Crippen LogP contribution in [0.3, 0.4) is 0 Å². The number of ether oxygens (including phenoxy) is 2. The van der Waals surface area contributed by atoms with Crippen molar-refractivity contribution in [2.75, 3.05) is 19.5 Å². The molecule has 1 aromatic rings. The van der Waals surface area contributed by atoms with Gasteiger partial charge in [-0.1, -0.05) is 9.24 Å². The maximum atomic E-state index is 13.8. The molecule has 138 valence electrons. The van der Waals surface area contributed by atoms with Crippen molar-refractivity contribution in [3.05, 3.63) is 17.7 Å². The minimum atomic E-state index is -2.97. The molecule has 1 aromatic carbocycles. The summed E-state index contributed by atoms with van der Waals surface area (Å²) in [5.41, 5.74) is 1.60. The summed E-state index contributed by atoms with van der Waals surface area (Å²) < 4.78 is 38.3. The monoisotopic (exact) mass is 390 g/mol. The van der Waals surface area contributed by atoms with E-state index in [1.165, 1.54) is 7.11 Å². The number of benzene rings is 1. The van der Waals surface area contributed by atoms with Crippen LogP contribution in [0.15, 0.2) is 12.1 Å². The molecule has 1 amide bonds. The number of amides is 1. The molecule has 3 aliphatic rings. The van der Waals surface area contributed by atoms with Gasteiger partial charge in [-0.05, 0) is 37.1 Å². The number of carbonyl (C=O) groups is 1. The van der Waals surface area contributed by atoms with E-state index < -0.39 is 16.8 Å². The van der Waals surface area contributed by atoms with Crippen molar-refractivity contribution >= 4 is 35.4 Å². The molecule has 4 rings (SSSR count). The number of halogens is 2. The lowest BCUT2D eigenvalue weighted by Gasteiger charge is -2.54. The Balaban J connectivity index is 1.78. The Bertz CT molecular complexity index is 662. The first-order chi connectivity index (χ1) is 11.6. The van der Waals surface area contributed by atoms with Crippen molar-refractivity contribution in [1.29, 1.82) is 0 Å². The number of hydrogen-bond acceptors (Lipinski definition) is 4. The molecule has 2 heterocycles. The zero-order valence-corrected chi connectivity index (χ0v) is 16.2. The lowest BCUT2D eigenvalue weighted by atomic mass is 9.71. The Morgan fingerprint density at radius 2 is 2.00 bits per heavy atom. The molecule has 2 unspecified atom stereocenters. The molecule has 2 atom stereocenters. The first-order valence-corrected chi connectivity index (χ1v) is 9.13. The van der Waals surface area contributed by atoms with E-state index in [-0.39, 0.29) is 25.4 Å². The fraction of sp³-hybridized carbons (Fsp3) is 0.562. The fourth-order valence-corrected chi connectivity index (χ4v) is 4.46. The van der Waals surface area contributed by atoms with E-state index in [0.29, 0.717) is 35.1 Å². The van der Waals surface area contributed by atoms with E-state index in [1.54, 1.807) is 21.4 Å². The molecule has 0 spiro atoms. The van der Waals surface area contributed by atoms with E-state index >= 15 is 0 Å². The second-order valence-corrected chi connectivity index (χ2v) is 8.17. The minimum absolute atomic E-state index is 0.0744. The number of carbonyl (C=O) groups excluding carboxylic acids is 1.